The van der Waals surface area contributed by atoms with E-state index >= 15 is 4.39 Å². The van der Waals surface area contributed by atoms with Gasteiger partial charge in [0.2, 0.25) is 0 Å². The number of fused-ring (bicyclic) bond motifs is 1. The van der Waals surface area contributed by atoms with Gasteiger partial charge in [0.1, 0.15) is 34.2 Å². The Bertz CT molecular complexity index is 2270. The van der Waals surface area contributed by atoms with Gasteiger partial charge in [-0.25, -0.2) is 13.8 Å². The van der Waals surface area contributed by atoms with Crippen molar-refractivity contribution in [1.82, 2.24) is 29.4 Å². The van der Waals surface area contributed by atoms with Crippen LogP contribution in [0.4, 0.5) is 8.78 Å². The number of pyridine rings is 1. The number of ether oxygens (including phenoxy) is 1. The maximum absolute atomic E-state index is 15.7. The molecule has 4 heterocycles. The highest BCUT2D eigenvalue weighted by Gasteiger charge is 2.40. The Morgan fingerprint density at radius 1 is 0.708 bits per heavy atom. The first kappa shape index (κ1) is 29.4. The average molecular weight is 653 g/mol. The molecule has 234 valence electrons. The first-order valence-electron chi connectivity index (χ1n) is 15.1. The molecule has 0 fully saturated rings. The van der Waals surface area contributed by atoms with Gasteiger partial charge in [0.05, 0.1) is 13.3 Å². The SMILES string of the molecule is COc1nnc(-c2cnc3ccc(-c4cn(C(c5ccccc5)(c5ccccc5)c5ccccc5)nc4-c4ccc(F)cc4F)cn23)s1. The highest BCUT2D eigenvalue weighted by molar-refractivity contribution is 7.16. The van der Waals surface area contributed by atoms with Crippen LogP contribution in [0.2, 0.25) is 0 Å². The van der Waals surface area contributed by atoms with Crippen LogP contribution in [0.5, 0.6) is 5.19 Å². The molecule has 0 amide bonds. The summed E-state index contributed by atoms with van der Waals surface area (Å²) in [6.07, 6.45) is 5.60. The van der Waals surface area contributed by atoms with Crippen LogP contribution >= 0.6 is 11.3 Å². The van der Waals surface area contributed by atoms with Crippen molar-refractivity contribution in [1.29, 1.82) is 0 Å². The minimum atomic E-state index is -0.958. The predicted molar refractivity (Wildman–Crippen MR) is 182 cm³/mol. The summed E-state index contributed by atoms with van der Waals surface area (Å²) in [5.41, 5.74) is 5.25. The standard InChI is InChI=1S/C38H26F2N6OS/c1-47-37-43-42-36(48-37)33-22-41-34-20-17-25(23-45(33)34)31-24-46(44-35(31)30-19-18-29(39)21-32(30)40)38(26-11-5-2-6-12-26,27-13-7-3-8-14-27)28-15-9-4-10-16-28/h2-24H,1H3. The lowest BCUT2D eigenvalue weighted by molar-refractivity contribution is 0.407. The fraction of sp³-hybridized carbons (Fsp3) is 0.0526. The number of hydrogen-bond donors (Lipinski definition) is 0. The normalized spacial score (nSPS) is 11.6. The second kappa shape index (κ2) is 12.0. The Morgan fingerprint density at radius 3 is 1.94 bits per heavy atom. The molecule has 7 nitrogen and oxygen atoms in total. The van der Waals surface area contributed by atoms with Gasteiger partial charge in [-0.2, -0.15) is 5.10 Å². The summed E-state index contributed by atoms with van der Waals surface area (Å²) in [4.78, 5) is 4.57. The van der Waals surface area contributed by atoms with E-state index in [4.69, 9.17) is 9.84 Å². The van der Waals surface area contributed by atoms with E-state index in [1.54, 1.807) is 13.3 Å². The first-order chi connectivity index (χ1) is 23.6. The van der Waals surface area contributed by atoms with Gasteiger partial charge in [-0.1, -0.05) is 107 Å². The molecule has 0 spiro atoms. The zero-order chi connectivity index (χ0) is 32.7. The molecule has 8 rings (SSSR count). The largest absolute Gasteiger partial charge is 0.472 e. The summed E-state index contributed by atoms with van der Waals surface area (Å²) in [5.74, 6) is -1.38. The molecule has 4 aromatic heterocycles. The van der Waals surface area contributed by atoms with Crippen molar-refractivity contribution in [3.8, 4) is 38.3 Å². The van der Waals surface area contributed by atoms with Crippen molar-refractivity contribution < 1.29 is 13.5 Å². The molecular formula is C38H26F2N6OS. The summed E-state index contributed by atoms with van der Waals surface area (Å²) in [6.45, 7) is 0. The molecule has 0 aliphatic carbocycles. The van der Waals surface area contributed by atoms with E-state index in [0.717, 1.165) is 34.0 Å². The van der Waals surface area contributed by atoms with Gasteiger partial charge in [0.15, 0.2) is 5.01 Å². The van der Waals surface area contributed by atoms with E-state index in [1.807, 2.05) is 88.2 Å². The summed E-state index contributed by atoms with van der Waals surface area (Å²) >= 11 is 1.30. The van der Waals surface area contributed by atoms with E-state index in [2.05, 4.69) is 51.6 Å². The fourth-order valence-corrected chi connectivity index (χ4v) is 6.93. The number of rotatable bonds is 8. The number of methoxy groups -OCH3 is 1. The van der Waals surface area contributed by atoms with Gasteiger partial charge in [-0.05, 0) is 41.0 Å². The molecule has 0 atom stereocenters. The van der Waals surface area contributed by atoms with Crippen LogP contribution in [0.15, 0.2) is 140 Å². The molecule has 0 unspecified atom stereocenters. The highest BCUT2D eigenvalue weighted by atomic mass is 32.1. The van der Waals surface area contributed by atoms with Crippen molar-refractivity contribution in [3.63, 3.8) is 0 Å². The smallest absolute Gasteiger partial charge is 0.294 e. The van der Waals surface area contributed by atoms with E-state index in [9.17, 15) is 4.39 Å². The number of hydrogen-bond acceptors (Lipinski definition) is 6. The van der Waals surface area contributed by atoms with E-state index in [0.29, 0.717) is 27.1 Å². The lowest BCUT2D eigenvalue weighted by Gasteiger charge is -2.36. The molecule has 4 aromatic carbocycles. The van der Waals surface area contributed by atoms with Crippen molar-refractivity contribution in [2.45, 2.75) is 5.54 Å². The Kier molecular flexibility index (Phi) is 7.34. The molecule has 48 heavy (non-hydrogen) atoms. The Morgan fingerprint density at radius 2 is 1.35 bits per heavy atom. The van der Waals surface area contributed by atoms with Crippen molar-refractivity contribution >= 4 is 17.0 Å². The van der Waals surface area contributed by atoms with Crippen LogP contribution in [-0.2, 0) is 5.54 Å². The summed E-state index contributed by atoms with van der Waals surface area (Å²) < 4.78 is 39.0. The lowest BCUT2D eigenvalue weighted by Crippen LogP contribution is -2.38. The average Bonchev–Trinajstić information content (AvgIpc) is 3.89. The summed E-state index contributed by atoms with van der Waals surface area (Å²) in [7, 11) is 1.55. The number of imidazole rings is 1. The fourth-order valence-electron chi connectivity index (χ4n) is 6.27. The molecule has 0 saturated heterocycles. The van der Waals surface area contributed by atoms with E-state index in [-0.39, 0.29) is 5.56 Å². The van der Waals surface area contributed by atoms with E-state index in [1.165, 1.54) is 23.5 Å². The second-order valence-corrected chi connectivity index (χ2v) is 12.1. The monoisotopic (exact) mass is 652 g/mol. The van der Waals surface area contributed by atoms with Crippen LogP contribution in [0.1, 0.15) is 16.7 Å². The van der Waals surface area contributed by atoms with Crippen molar-refractivity contribution in [2.75, 3.05) is 7.11 Å². The molecule has 0 N–H and O–H groups in total. The van der Waals surface area contributed by atoms with Gasteiger partial charge in [-0.3, -0.25) is 9.08 Å². The first-order valence-corrected chi connectivity index (χ1v) is 16.0. The Hall–Kier alpha value is -6.00. The number of nitrogens with zero attached hydrogens (tertiary/aromatic N) is 6. The number of aromatic nitrogens is 6. The molecular weight excluding hydrogens is 627 g/mol. The molecule has 0 aliphatic heterocycles. The van der Waals surface area contributed by atoms with Gasteiger partial charge in [0, 0.05) is 35.2 Å². The third-order valence-electron chi connectivity index (χ3n) is 8.44. The predicted octanol–water partition coefficient (Wildman–Crippen LogP) is 8.51. The van der Waals surface area contributed by atoms with Crippen molar-refractivity contribution in [2.24, 2.45) is 0 Å². The third kappa shape index (κ3) is 4.85. The maximum Gasteiger partial charge on any atom is 0.294 e. The second-order valence-electron chi connectivity index (χ2n) is 11.1. The van der Waals surface area contributed by atoms with Gasteiger partial charge < -0.3 is 4.74 Å². The Balaban J connectivity index is 1.43. The van der Waals surface area contributed by atoms with Crippen LogP contribution in [0.25, 0.3) is 38.7 Å². The third-order valence-corrected chi connectivity index (χ3v) is 9.34. The molecule has 0 radical (unpaired) electrons. The minimum Gasteiger partial charge on any atom is -0.472 e. The zero-order valence-electron chi connectivity index (χ0n) is 25.5. The Labute approximate surface area is 278 Å². The molecule has 0 bridgehead atoms. The number of benzene rings is 4. The lowest BCUT2D eigenvalue weighted by atomic mass is 9.77. The summed E-state index contributed by atoms with van der Waals surface area (Å²) in [5, 5.41) is 14.6. The quantitative estimate of drug-likeness (QED) is 0.154. The van der Waals surface area contributed by atoms with Crippen LogP contribution in [0.3, 0.4) is 0 Å². The molecule has 0 aliphatic rings. The highest BCUT2D eigenvalue weighted by Crippen LogP contribution is 2.43. The maximum atomic E-state index is 15.7. The number of halogens is 2. The van der Waals surface area contributed by atoms with Gasteiger partial charge in [-0.15, -0.1) is 5.10 Å². The van der Waals surface area contributed by atoms with Crippen LogP contribution in [0, 0.1) is 11.6 Å². The van der Waals surface area contributed by atoms with Crippen LogP contribution < -0.4 is 4.74 Å². The van der Waals surface area contributed by atoms with E-state index < -0.39 is 17.2 Å². The zero-order valence-corrected chi connectivity index (χ0v) is 26.4. The topological polar surface area (TPSA) is 70.1 Å². The molecule has 10 heteroatoms. The van der Waals surface area contributed by atoms with Gasteiger partial charge in [0.25, 0.3) is 5.19 Å². The summed E-state index contributed by atoms with van der Waals surface area (Å²) in [6, 6.07) is 37.7. The molecule has 8 aromatic rings. The van der Waals surface area contributed by atoms with Crippen molar-refractivity contribution in [3.05, 3.63) is 168 Å². The molecule has 0 saturated carbocycles. The van der Waals surface area contributed by atoms with Gasteiger partial charge >= 0.3 is 0 Å². The van der Waals surface area contributed by atoms with Crippen LogP contribution in [-0.4, -0.2) is 36.5 Å². The minimum absolute atomic E-state index is 0.174.